The van der Waals surface area contributed by atoms with Crippen LogP contribution in [0.5, 0.6) is 0 Å². The monoisotopic (exact) mass is 578 g/mol. The van der Waals surface area contributed by atoms with Gasteiger partial charge in [-0.15, -0.1) is 0 Å². The van der Waals surface area contributed by atoms with Crippen LogP contribution in [-0.2, 0) is 19.1 Å². The fourth-order valence-corrected chi connectivity index (χ4v) is 4.59. The van der Waals surface area contributed by atoms with Crippen LogP contribution in [0.3, 0.4) is 0 Å². The maximum Gasteiger partial charge on any atom is 0.306 e. The molecular formula is C35H68O5. The maximum atomic E-state index is 12.6. The molecule has 5 nitrogen and oxygen atoms in total. The predicted octanol–water partition coefficient (Wildman–Crippen LogP) is 10.4. The Morgan fingerprint density at radius 2 is 1.07 bits per heavy atom. The van der Waals surface area contributed by atoms with Gasteiger partial charge in [0.2, 0.25) is 0 Å². The summed E-state index contributed by atoms with van der Waals surface area (Å²) in [6, 6.07) is 0. The molecule has 0 aromatic heterocycles. The molecule has 0 rings (SSSR count). The number of aliphatic hydroxyl groups excluding tert-OH is 1. The second-order valence-electron chi connectivity index (χ2n) is 11.0. The summed E-state index contributed by atoms with van der Waals surface area (Å²) >= 11 is 0. The topological polar surface area (TPSA) is 72.8 Å². The van der Waals surface area contributed by atoms with E-state index in [0.717, 1.165) is 57.8 Å². The van der Waals surface area contributed by atoms with Crippen molar-refractivity contribution in [3.8, 4) is 0 Å². The van der Waals surface area contributed by atoms with Gasteiger partial charge in [-0.2, -0.15) is 0 Å². The number of aliphatic hydroxyl groups is 1. The molecule has 0 heterocycles. The van der Waals surface area contributed by atoms with Crippen LogP contribution < -0.4 is 0 Å². The summed E-state index contributed by atoms with van der Waals surface area (Å²) in [5.41, 5.74) is 0. The standard InChI is InChI=1S/C35H68O5/c1-3-5-7-9-11-13-15-17-19-21-23-25-27-29-34(37)39-32-33(31-36)40-35(38)30-28-26-24-22-20-18-16-14-12-10-8-6-4-2/h33,36H,3-32H2,1-2H3/t33-/m0/s1/i1D3,25D2,27D2,29D2. The van der Waals surface area contributed by atoms with Gasteiger partial charge in [-0.25, -0.2) is 0 Å². The summed E-state index contributed by atoms with van der Waals surface area (Å²) in [7, 11) is 0. The summed E-state index contributed by atoms with van der Waals surface area (Å²) in [6.07, 6.45) is 12.0. The molecule has 1 atom stereocenters. The number of hydrogen-bond donors (Lipinski definition) is 1. The smallest absolute Gasteiger partial charge is 0.306 e. The largest absolute Gasteiger partial charge is 0.462 e. The van der Waals surface area contributed by atoms with Gasteiger partial charge in [0.05, 0.1) is 6.61 Å². The molecule has 0 aliphatic carbocycles. The third-order valence-electron chi connectivity index (χ3n) is 7.12. The van der Waals surface area contributed by atoms with Gasteiger partial charge < -0.3 is 14.6 Å². The SMILES string of the molecule is [2H]C([2H])([2H])CCCCCCCCCCCC([2H])([2H])C([2H])([2H])C([2H])([2H])C(=O)OC[C@H](CO)OC(=O)CCCCCCCCCCCCCCC. The molecule has 0 unspecified atom stereocenters. The first-order valence-corrected chi connectivity index (χ1v) is 16.5. The van der Waals surface area contributed by atoms with Gasteiger partial charge in [0.15, 0.2) is 6.10 Å². The van der Waals surface area contributed by atoms with Crippen LogP contribution in [0.25, 0.3) is 0 Å². The first kappa shape index (κ1) is 25.4. The third kappa shape index (κ3) is 29.9. The number of ether oxygens (including phenoxy) is 2. The highest BCUT2D eigenvalue weighted by Gasteiger charge is 2.16. The third-order valence-corrected chi connectivity index (χ3v) is 7.12. The van der Waals surface area contributed by atoms with Crippen LogP contribution in [-0.4, -0.2) is 36.4 Å². The summed E-state index contributed by atoms with van der Waals surface area (Å²) in [5.74, 6) is -2.19. The van der Waals surface area contributed by atoms with Crippen LogP contribution in [0.4, 0.5) is 0 Å². The number of unbranched alkanes of at least 4 members (excludes halogenated alkanes) is 20. The predicted molar refractivity (Wildman–Crippen MR) is 169 cm³/mol. The molecule has 0 radical (unpaired) electrons. The van der Waals surface area contributed by atoms with Gasteiger partial charge in [0.1, 0.15) is 6.61 Å². The molecule has 0 saturated carbocycles. The van der Waals surface area contributed by atoms with E-state index in [9.17, 15) is 14.7 Å². The first-order valence-electron chi connectivity index (χ1n) is 21.0. The maximum absolute atomic E-state index is 12.6. The van der Waals surface area contributed by atoms with Crippen molar-refractivity contribution < 1.29 is 36.5 Å². The van der Waals surface area contributed by atoms with Gasteiger partial charge in [0, 0.05) is 25.1 Å². The highest BCUT2D eigenvalue weighted by molar-refractivity contribution is 5.70. The van der Waals surface area contributed by atoms with Crippen molar-refractivity contribution >= 4 is 11.9 Å². The molecule has 0 aromatic carbocycles. The molecule has 0 aliphatic heterocycles. The minimum absolute atomic E-state index is 0.139. The number of rotatable bonds is 32. The first-order chi connectivity index (χ1) is 23.0. The van der Waals surface area contributed by atoms with E-state index in [4.69, 9.17) is 21.8 Å². The lowest BCUT2D eigenvalue weighted by Crippen LogP contribution is -2.28. The van der Waals surface area contributed by atoms with E-state index in [1.54, 1.807) is 0 Å². The summed E-state index contributed by atoms with van der Waals surface area (Å²) in [6.45, 7) is -0.983. The van der Waals surface area contributed by atoms with Crippen molar-refractivity contribution in [3.63, 3.8) is 0 Å². The van der Waals surface area contributed by atoms with Crippen molar-refractivity contribution in [2.45, 2.75) is 200 Å². The van der Waals surface area contributed by atoms with Gasteiger partial charge in [-0.05, 0) is 12.8 Å². The van der Waals surface area contributed by atoms with Gasteiger partial charge in [-0.1, -0.05) is 168 Å². The molecule has 0 fully saturated rings. The van der Waals surface area contributed by atoms with Crippen molar-refractivity contribution in [1.29, 1.82) is 0 Å². The van der Waals surface area contributed by atoms with Crippen LogP contribution in [0.1, 0.15) is 206 Å². The fraction of sp³-hybridized carbons (Fsp3) is 0.943. The summed E-state index contributed by atoms with van der Waals surface area (Å²) < 4.78 is 80.8. The molecule has 40 heavy (non-hydrogen) atoms. The number of hydrogen-bond acceptors (Lipinski definition) is 5. The molecule has 1 N–H and O–H groups in total. The van der Waals surface area contributed by atoms with E-state index >= 15 is 0 Å². The van der Waals surface area contributed by atoms with E-state index in [2.05, 4.69) is 6.92 Å². The average molecular weight is 578 g/mol. The zero-order valence-corrected chi connectivity index (χ0v) is 25.7. The second kappa shape index (κ2) is 32.4. The van der Waals surface area contributed by atoms with Crippen LogP contribution in [0, 0.1) is 0 Å². The minimum Gasteiger partial charge on any atom is -0.462 e. The molecule has 238 valence electrons. The quantitative estimate of drug-likeness (QED) is 0.0636. The van der Waals surface area contributed by atoms with E-state index in [1.165, 1.54) is 57.8 Å². The van der Waals surface area contributed by atoms with Crippen LogP contribution >= 0.6 is 0 Å². The molecular weight excluding hydrogens is 500 g/mol. The average Bonchev–Trinajstić information content (AvgIpc) is 3.03. The Morgan fingerprint density at radius 1 is 0.625 bits per heavy atom. The van der Waals surface area contributed by atoms with E-state index < -0.39 is 57.2 Å². The lowest BCUT2D eigenvalue weighted by molar-refractivity contribution is -0.161. The van der Waals surface area contributed by atoms with E-state index in [-0.39, 0.29) is 19.3 Å². The normalized spacial score (nSPS) is 16.7. The molecule has 0 spiro atoms. The Hall–Kier alpha value is -1.10. The van der Waals surface area contributed by atoms with Gasteiger partial charge in [-0.3, -0.25) is 9.59 Å². The van der Waals surface area contributed by atoms with Crippen LogP contribution in [0.15, 0.2) is 0 Å². The fourth-order valence-electron chi connectivity index (χ4n) is 4.59. The van der Waals surface area contributed by atoms with Gasteiger partial charge >= 0.3 is 11.9 Å². The van der Waals surface area contributed by atoms with Crippen molar-refractivity contribution in [1.82, 2.24) is 0 Å². The Balaban J connectivity index is 4.30. The zero-order valence-electron chi connectivity index (χ0n) is 34.7. The second-order valence-corrected chi connectivity index (χ2v) is 11.0. The summed E-state index contributed by atoms with van der Waals surface area (Å²) in [4.78, 5) is 24.8. The number of esters is 2. The minimum atomic E-state index is -3.32. The Morgan fingerprint density at radius 3 is 1.55 bits per heavy atom. The van der Waals surface area contributed by atoms with Crippen molar-refractivity contribution in [3.05, 3.63) is 0 Å². The van der Waals surface area contributed by atoms with Crippen LogP contribution in [0.2, 0.25) is 0 Å². The molecule has 5 heteroatoms. The zero-order chi connectivity index (χ0) is 37.2. The highest BCUT2D eigenvalue weighted by Crippen LogP contribution is 2.15. The molecule has 0 aromatic rings. The number of carbonyl (C=O) groups excluding carboxylic acids is 2. The van der Waals surface area contributed by atoms with Gasteiger partial charge in [0.25, 0.3) is 0 Å². The Kier molecular flexibility index (Phi) is 20.6. The Bertz CT molecular complexity index is 854. The lowest BCUT2D eigenvalue weighted by atomic mass is 10.0. The molecule has 0 saturated heterocycles. The highest BCUT2D eigenvalue weighted by atomic mass is 16.6. The lowest BCUT2D eigenvalue weighted by Gasteiger charge is -2.15. The van der Waals surface area contributed by atoms with E-state index in [0.29, 0.717) is 25.7 Å². The Labute approximate surface area is 261 Å². The van der Waals surface area contributed by atoms with Crippen molar-refractivity contribution in [2.24, 2.45) is 0 Å². The molecule has 0 amide bonds. The molecule has 0 bridgehead atoms. The summed E-state index contributed by atoms with van der Waals surface area (Å²) in [5, 5.41) is 9.60. The molecule has 0 aliphatic rings. The van der Waals surface area contributed by atoms with E-state index in [1.807, 2.05) is 0 Å². The van der Waals surface area contributed by atoms with Crippen molar-refractivity contribution in [2.75, 3.05) is 13.2 Å². The number of carbonyl (C=O) groups is 2.